The van der Waals surface area contributed by atoms with E-state index in [0.717, 1.165) is 4.90 Å². The van der Waals surface area contributed by atoms with E-state index >= 15 is 0 Å². The first-order chi connectivity index (χ1) is 13.0. The topological polar surface area (TPSA) is 84.5 Å². The Balaban J connectivity index is 1.71. The minimum absolute atomic E-state index is 0.187. The van der Waals surface area contributed by atoms with Crippen molar-refractivity contribution in [2.75, 3.05) is 24.7 Å². The number of thioether (sulfide) groups is 1. The third kappa shape index (κ3) is 7.32. The molecule has 142 valence electrons. The Morgan fingerprint density at radius 1 is 1.11 bits per heavy atom. The van der Waals surface area contributed by atoms with Crippen LogP contribution >= 0.6 is 23.4 Å². The summed E-state index contributed by atoms with van der Waals surface area (Å²) in [6.45, 7) is -0.380. The van der Waals surface area contributed by atoms with Crippen LogP contribution in [0, 0.1) is 0 Å². The molecule has 0 radical (unpaired) electrons. The predicted molar refractivity (Wildman–Crippen MR) is 106 cm³/mol. The lowest BCUT2D eigenvalue weighted by molar-refractivity contribution is -0.146. The van der Waals surface area contributed by atoms with Crippen LogP contribution < -0.4 is 10.6 Å². The van der Waals surface area contributed by atoms with Gasteiger partial charge in [-0.05, 0) is 42.5 Å². The van der Waals surface area contributed by atoms with E-state index in [4.69, 9.17) is 16.3 Å². The van der Waals surface area contributed by atoms with Crippen LogP contribution in [0.3, 0.4) is 0 Å². The van der Waals surface area contributed by atoms with Crippen LogP contribution in [-0.2, 0) is 14.3 Å². The second kappa shape index (κ2) is 10.6. The molecule has 0 aliphatic heterocycles. The summed E-state index contributed by atoms with van der Waals surface area (Å²) in [5.74, 6) is -0.639. The largest absolute Gasteiger partial charge is 0.456 e. The number of anilines is 1. The van der Waals surface area contributed by atoms with E-state index in [1.54, 1.807) is 36.4 Å². The molecular weight excluding hydrogens is 388 g/mol. The summed E-state index contributed by atoms with van der Waals surface area (Å²) in [6.07, 6.45) is 0.187. The van der Waals surface area contributed by atoms with Crippen molar-refractivity contribution in [2.24, 2.45) is 0 Å². The zero-order chi connectivity index (χ0) is 19.6. The molecule has 0 aliphatic carbocycles. The van der Waals surface area contributed by atoms with Gasteiger partial charge in [-0.3, -0.25) is 14.4 Å². The molecule has 0 atom stereocenters. The molecule has 0 aromatic heterocycles. The summed E-state index contributed by atoms with van der Waals surface area (Å²) in [7, 11) is 1.53. The Hall–Kier alpha value is -2.51. The van der Waals surface area contributed by atoms with Crippen molar-refractivity contribution in [1.82, 2.24) is 5.32 Å². The normalized spacial score (nSPS) is 10.1. The number of hydrogen-bond donors (Lipinski definition) is 2. The molecule has 2 amide bonds. The van der Waals surface area contributed by atoms with Crippen LogP contribution in [0.1, 0.15) is 16.8 Å². The average molecular weight is 407 g/mol. The Morgan fingerprint density at radius 2 is 1.85 bits per heavy atom. The standard InChI is InChI=1S/C19H19ClN2O4S/c1-21-19(25)13-3-2-4-15(11-13)22-17(23)12-26-18(24)9-10-27-16-7-5-14(20)6-8-16/h2-8,11H,9-10,12H2,1H3,(H,21,25)(H,22,23). The molecule has 0 fully saturated rings. The van der Waals surface area contributed by atoms with Crippen LogP contribution in [0.4, 0.5) is 5.69 Å². The molecule has 0 spiro atoms. The summed E-state index contributed by atoms with van der Waals surface area (Å²) in [4.78, 5) is 36.2. The fourth-order valence-corrected chi connectivity index (χ4v) is 3.04. The van der Waals surface area contributed by atoms with Crippen LogP contribution in [0.25, 0.3) is 0 Å². The first-order valence-electron chi connectivity index (χ1n) is 8.14. The fourth-order valence-electron chi connectivity index (χ4n) is 2.08. The number of halogens is 1. The number of carbonyl (C=O) groups excluding carboxylic acids is 3. The first-order valence-corrected chi connectivity index (χ1v) is 9.50. The molecule has 2 N–H and O–H groups in total. The van der Waals surface area contributed by atoms with Crippen molar-refractivity contribution >= 4 is 46.8 Å². The highest BCUT2D eigenvalue weighted by Gasteiger charge is 2.10. The molecule has 0 saturated carbocycles. The highest BCUT2D eigenvalue weighted by molar-refractivity contribution is 7.99. The lowest BCUT2D eigenvalue weighted by Gasteiger charge is -2.08. The maximum Gasteiger partial charge on any atom is 0.307 e. The van der Waals surface area contributed by atoms with Gasteiger partial charge in [0.2, 0.25) is 0 Å². The molecule has 0 saturated heterocycles. The van der Waals surface area contributed by atoms with E-state index in [9.17, 15) is 14.4 Å². The number of benzene rings is 2. The van der Waals surface area contributed by atoms with Crippen molar-refractivity contribution < 1.29 is 19.1 Å². The van der Waals surface area contributed by atoms with Gasteiger partial charge in [-0.2, -0.15) is 0 Å². The summed E-state index contributed by atoms with van der Waals surface area (Å²) >= 11 is 7.32. The summed E-state index contributed by atoms with van der Waals surface area (Å²) in [5.41, 5.74) is 0.877. The Morgan fingerprint density at radius 3 is 2.56 bits per heavy atom. The van der Waals surface area contributed by atoms with Crippen LogP contribution in [0.2, 0.25) is 5.02 Å². The van der Waals surface area contributed by atoms with E-state index in [1.165, 1.54) is 18.8 Å². The lowest BCUT2D eigenvalue weighted by Crippen LogP contribution is -2.22. The number of esters is 1. The van der Waals surface area contributed by atoms with Gasteiger partial charge in [0, 0.05) is 34.0 Å². The fraction of sp³-hybridized carbons (Fsp3) is 0.211. The van der Waals surface area contributed by atoms with E-state index in [2.05, 4.69) is 10.6 Å². The van der Waals surface area contributed by atoms with Gasteiger partial charge in [0.25, 0.3) is 11.8 Å². The summed E-state index contributed by atoms with van der Waals surface area (Å²) in [6, 6.07) is 13.8. The maximum absolute atomic E-state index is 11.9. The number of nitrogens with one attached hydrogen (secondary N) is 2. The molecule has 2 aromatic rings. The monoisotopic (exact) mass is 406 g/mol. The van der Waals surface area contributed by atoms with Gasteiger partial charge in [-0.1, -0.05) is 17.7 Å². The highest BCUT2D eigenvalue weighted by Crippen LogP contribution is 2.21. The molecule has 0 heterocycles. The third-order valence-electron chi connectivity index (χ3n) is 3.39. The van der Waals surface area contributed by atoms with Crippen molar-refractivity contribution in [3.63, 3.8) is 0 Å². The molecule has 0 bridgehead atoms. The second-order valence-corrected chi connectivity index (χ2v) is 7.03. The number of hydrogen-bond acceptors (Lipinski definition) is 5. The molecule has 0 unspecified atom stereocenters. The minimum Gasteiger partial charge on any atom is -0.456 e. The van der Waals surface area contributed by atoms with Crippen LogP contribution in [-0.4, -0.2) is 37.2 Å². The number of amides is 2. The first kappa shape index (κ1) is 20.8. The lowest BCUT2D eigenvalue weighted by atomic mass is 10.2. The van der Waals surface area contributed by atoms with Crippen molar-refractivity contribution in [2.45, 2.75) is 11.3 Å². The Bertz CT molecular complexity index is 812. The van der Waals surface area contributed by atoms with E-state index in [1.807, 2.05) is 12.1 Å². The second-order valence-electron chi connectivity index (χ2n) is 5.42. The predicted octanol–water partition coefficient (Wildman–Crippen LogP) is 3.36. The third-order valence-corrected chi connectivity index (χ3v) is 4.65. The van der Waals surface area contributed by atoms with Crippen molar-refractivity contribution in [3.05, 3.63) is 59.1 Å². The van der Waals surface area contributed by atoms with Gasteiger partial charge in [0.05, 0.1) is 6.42 Å². The van der Waals surface area contributed by atoms with Gasteiger partial charge in [0.15, 0.2) is 6.61 Å². The summed E-state index contributed by atoms with van der Waals surface area (Å²) < 4.78 is 4.97. The van der Waals surface area contributed by atoms with Gasteiger partial charge < -0.3 is 15.4 Å². The van der Waals surface area contributed by atoms with Crippen LogP contribution in [0.5, 0.6) is 0 Å². The zero-order valence-electron chi connectivity index (χ0n) is 14.7. The van der Waals surface area contributed by atoms with Crippen molar-refractivity contribution in [1.29, 1.82) is 0 Å². The zero-order valence-corrected chi connectivity index (χ0v) is 16.2. The van der Waals surface area contributed by atoms with Gasteiger partial charge in [-0.15, -0.1) is 11.8 Å². The summed E-state index contributed by atoms with van der Waals surface area (Å²) in [5, 5.41) is 5.75. The van der Waals surface area contributed by atoms with E-state index in [0.29, 0.717) is 22.0 Å². The maximum atomic E-state index is 11.9. The molecule has 0 aliphatic rings. The molecule has 2 aromatic carbocycles. The SMILES string of the molecule is CNC(=O)c1cccc(NC(=O)COC(=O)CCSc2ccc(Cl)cc2)c1. The number of rotatable bonds is 8. The molecule has 2 rings (SSSR count). The Labute approximate surface area is 166 Å². The van der Waals surface area contributed by atoms with Gasteiger partial charge in [0.1, 0.15) is 0 Å². The number of carbonyl (C=O) groups is 3. The Kier molecular flexibility index (Phi) is 8.16. The van der Waals surface area contributed by atoms with E-state index < -0.39 is 11.9 Å². The van der Waals surface area contributed by atoms with Gasteiger partial charge in [-0.25, -0.2) is 0 Å². The highest BCUT2D eigenvalue weighted by atomic mass is 35.5. The average Bonchev–Trinajstić information content (AvgIpc) is 2.67. The molecule has 27 heavy (non-hydrogen) atoms. The molecular formula is C19H19ClN2O4S. The molecule has 8 heteroatoms. The quantitative estimate of drug-likeness (QED) is 0.518. The molecule has 6 nitrogen and oxygen atoms in total. The number of ether oxygens (including phenoxy) is 1. The van der Waals surface area contributed by atoms with Crippen molar-refractivity contribution in [3.8, 4) is 0 Å². The van der Waals surface area contributed by atoms with E-state index in [-0.39, 0.29) is 18.9 Å². The minimum atomic E-state index is -0.470. The van der Waals surface area contributed by atoms with Gasteiger partial charge >= 0.3 is 5.97 Å². The van der Waals surface area contributed by atoms with Crippen LogP contribution in [0.15, 0.2) is 53.4 Å². The smallest absolute Gasteiger partial charge is 0.307 e.